The minimum absolute atomic E-state index is 0.334. The third-order valence-electron chi connectivity index (χ3n) is 1.40. The van der Waals surface area contributed by atoms with E-state index in [0.29, 0.717) is 6.61 Å². The molecule has 0 amide bonds. The first-order chi connectivity index (χ1) is 5.06. The van der Waals surface area contributed by atoms with Gasteiger partial charge < -0.3 is 5.11 Å². The number of hydrogen-bond acceptors (Lipinski definition) is 1. The molecule has 0 unspecified atom stereocenters. The summed E-state index contributed by atoms with van der Waals surface area (Å²) in [6.45, 7) is 7.32. The number of unbranched alkanes of at least 4 members (excludes halogenated alkanes) is 2. The van der Waals surface area contributed by atoms with Crippen LogP contribution in [0.25, 0.3) is 0 Å². The van der Waals surface area contributed by atoms with Gasteiger partial charge in [0.15, 0.2) is 0 Å². The average molecular weight is 172 g/mol. The zero-order valence-corrected chi connectivity index (χ0v) is 8.93. The smallest absolute Gasteiger partial charge is 0.0682 e. The first-order valence-corrected chi connectivity index (χ1v) is 7.92. The molecule has 0 bridgehead atoms. The Hall–Kier alpha value is -0.0831. The lowest BCUT2D eigenvalue weighted by Crippen LogP contribution is -2.15. The Labute approximate surface area is 71.1 Å². The largest absolute Gasteiger partial charge is 0.396 e. The predicted molar refractivity (Wildman–Crippen MR) is 53.4 cm³/mol. The van der Waals surface area contributed by atoms with E-state index in [1.807, 2.05) is 0 Å². The van der Waals surface area contributed by atoms with Crippen LogP contribution >= 0.6 is 0 Å². The molecule has 0 aliphatic heterocycles. The van der Waals surface area contributed by atoms with Gasteiger partial charge in [0.25, 0.3) is 0 Å². The van der Waals surface area contributed by atoms with Crippen molar-refractivity contribution < 1.29 is 5.11 Å². The van der Waals surface area contributed by atoms with Gasteiger partial charge in [0.2, 0.25) is 0 Å². The highest BCUT2D eigenvalue weighted by Crippen LogP contribution is 2.04. The molecule has 0 aromatic carbocycles. The number of aliphatic hydroxyl groups excluding tert-OH is 1. The Balaban J connectivity index is 3.30. The van der Waals surface area contributed by atoms with Crippen LogP contribution < -0.4 is 0 Å². The van der Waals surface area contributed by atoms with Crippen molar-refractivity contribution in [1.29, 1.82) is 0 Å². The van der Waals surface area contributed by atoms with Gasteiger partial charge in [-0.1, -0.05) is 31.4 Å². The molecule has 0 aromatic heterocycles. The van der Waals surface area contributed by atoms with Gasteiger partial charge in [-0.2, -0.15) is 0 Å². The monoisotopic (exact) mass is 172 g/mol. The van der Waals surface area contributed by atoms with Crippen molar-refractivity contribution in [2.75, 3.05) is 6.61 Å². The van der Waals surface area contributed by atoms with Crippen molar-refractivity contribution in [3.05, 3.63) is 11.8 Å². The van der Waals surface area contributed by atoms with E-state index in [-0.39, 0.29) is 0 Å². The molecular weight excluding hydrogens is 152 g/mol. The van der Waals surface area contributed by atoms with E-state index in [1.165, 1.54) is 0 Å². The molecule has 66 valence electrons. The topological polar surface area (TPSA) is 20.2 Å². The second-order valence-electron chi connectivity index (χ2n) is 3.99. The highest BCUT2D eigenvalue weighted by molar-refractivity contribution is 6.80. The predicted octanol–water partition coefficient (Wildman–Crippen LogP) is 2.58. The van der Waals surface area contributed by atoms with Crippen LogP contribution in [0.2, 0.25) is 19.6 Å². The first kappa shape index (κ1) is 10.9. The van der Waals surface area contributed by atoms with Gasteiger partial charge in [-0.25, -0.2) is 0 Å². The Kier molecular flexibility index (Phi) is 5.51. The average Bonchev–Trinajstić information content (AvgIpc) is 1.85. The van der Waals surface area contributed by atoms with Gasteiger partial charge in [-0.05, 0) is 19.3 Å². The summed E-state index contributed by atoms with van der Waals surface area (Å²) in [6, 6.07) is 0. The minimum Gasteiger partial charge on any atom is -0.396 e. The van der Waals surface area contributed by atoms with E-state index in [2.05, 4.69) is 31.4 Å². The molecule has 1 nitrogen and oxygen atoms in total. The van der Waals surface area contributed by atoms with Crippen molar-refractivity contribution in [1.82, 2.24) is 0 Å². The molecule has 1 N–H and O–H groups in total. The van der Waals surface area contributed by atoms with Gasteiger partial charge in [0, 0.05) is 6.61 Å². The van der Waals surface area contributed by atoms with Crippen LogP contribution in [-0.2, 0) is 0 Å². The maximum atomic E-state index is 8.51. The molecule has 0 spiro atoms. The molecule has 0 aromatic rings. The van der Waals surface area contributed by atoms with Crippen LogP contribution in [0.15, 0.2) is 11.8 Å². The van der Waals surface area contributed by atoms with Crippen LogP contribution in [0.1, 0.15) is 19.3 Å². The summed E-state index contributed by atoms with van der Waals surface area (Å²) in [6.07, 6.45) is 5.46. The third-order valence-corrected chi connectivity index (χ3v) is 2.63. The lowest BCUT2D eigenvalue weighted by Gasteiger charge is -2.07. The summed E-state index contributed by atoms with van der Waals surface area (Å²) in [5.41, 5.74) is 2.37. The van der Waals surface area contributed by atoms with Gasteiger partial charge >= 0.3 is 0 Å². The van der Waals surface area contributed by atoms with Crippen LogP contribution in [0.5, 0.6) is 0 Å². The molecule has 0 radical (unpaired) electrons. The Morgan fingerprint density at radius 2 is 1.82 bits per heavy atom. The van der Waals surface area contributed by atoms with E-state index in [0.717, 1.165) is 19.3 Å². The highest BCUT2D eigenvalue weighted by atomic mass is 28.3. The van der Waals surface area contributed by atoms with E-state index in [9.17, 15) is 0 Å². The Morgan fingerprint density at radius 1 is 1.18 bits per heavy atom. The highest BCUT2D eigenvalue weighted by Gasteiger charge is 2.05. The Morgan fingerprint density at radius 3 is 2.27 bits per heavy atom. The first-order valence-electron chi connectivity index (χ1n) is 4.35. The molecule has 0 saturated heterocycles. The third kappa shape index (κ3) is 9.92. The molecule has 0 aliphatic rings. The fourth-order valence-corrected chi connectivity index (χ4v) is 1.68. The second-order valence-corrected chi connectivity index (χ2v) is 9.05. The quantitative estimate of drug-likeness (QED) is 0.499. The van der Waals surface area contributed by atoms with Gasteiger partial charge in [-0.3, -0.25) is 0 Å². The SMILES string of the molecule is C[Si](C)(C)/C=C/CCCCO. The Bertz CT molecular complexity index is 113. The zero-order chi connectivity index (χ0) is 8.74. The van der Waals surface area contributed by atoms with Gasteiger partial charge in [0.1, 0.15) is 0 Å². The zero-order valence-electron chi connectivity index (χ0n) is 7.93. The van der Waals surface area contributed by atoms with Crippen LogP contribution in [-0.4, -0.2) is 19.8 Å². The minimum atomic E-state index is -0.960. The molecule has 0 rings (SSSR count). The summed E-state index contributed by atoms with van der Waals surface area (Å²) >= 11 is 0. The summed E-state index contributed by atoms with van der Waals surface area (Å²) < 4.78 is 0. The van der Waals surface area contributed by atoms with Gasteiger partial charge in [0.05, 0.1) is 8.07 Å². The maximum Gasteiger partial charge on any atom is 0.0682 e. The fraction of sp³-hybridized carbons (Fsp3) is 0.778. The van der Waals surface area contributed by atoms with Crippen molar-refractivity contribution in [2.24, 2.45) is 0 Å². The van der Waals surface area contributed by atoms with E-state index < -0.39 is 8.07 Å². The molecule has 11 heavy (non-hydrogen) atoms. The second kappa shape index (κ2) is 5.55. The van der Waals surface area contributed by atoms with Crippen LogP contribution in [0.3, 0.4) is 0 Å². The molecule has 0 atom stereocenters. The lowest BCUT2D eigenvalue weighted by atomic mass is 10.2. The maximum absolute atomic E-state index is 8.51. The molecule has 0 aliphatic carbocycles. The number of allylic oxidation sites excluding steroid dienone is 1. The number of rotatable bonds is 5. The van der Waals surface area contributed by atoms with E-state index in [4.69, 9.17) is 5.11 Å². The summed E-state index contributed by atoms with van der Waals surface area (Å²) in [5, 5.41) is 8.51. The normalized spacial score (nSPS) is 12.7. The molecule has 0 saturated carbocycles. The summed E-state index contributed by atoms with van der Waals surface area (Å²) in [5.74, 6) is 0. The lowest BCUT2D eigenvalue weighted by molar-refractivity contribution is 0.285. The van der Waals surface area contributed by atoms with Crippen molar-refractivity contribution in [3.8, 4) is 0 Å². The van der Waals surface area contributed by atoms with Crippen molar-refractivity contribution in [2.45, 2.75) is 38.9 Å². The van der Waals surface area contributed by atoms with Crippen LogP contribution in [0.4, 0.5) is 0 Å². The number of aliphatic hydroxyl groups is 1. The van der Waals surface area contributed by atoms with E-state index >= 15 is 0 Å². The van der Waals surface area contributed by atoms with Crippen LogP contribution in [0, 0.1) is 0 Å². The van der Waals surface area contributed by atoms with Gasteiger partial charge in [-0.15, -0.1) is 0 Å². The summed E-state index contributed by atoms with van der Waals surface area (Å²) in [7, 11) is -0.960. The van der Waals surface area contributed by atoms with E-state index in [1.54, 1.807) is 0 Å². The summed E-state index contributed by atoms with van der Waals surface area (Å²) in [4.78, 5) is 0. The standard InChI is InChI=1S/C9H20OSi/c1-11(2,3)9-7-5-4-6-8-10/h7,9-10H,4-6,8H2,1-3H3/b9-7+. The number of hydrogen-bond donors (Lipinski definition) is 1. The van der Waals surface area contributed by atoms with Crippen molar-refractivity contribution in [3.63, 3.8) is 0 Å². The molecular formula is C9H20OSi. The molecule has 0 fully saturated rings. The molecule has 0 heterocycles. The molecule has 2 heteroatoms. The fourth-order valence-electron chi connectivity index (χ4n) is 0.811. The van der Waals surface area contributed by atoms with Crippen molar-refractivity contribution >= 4 is 8.07 Å².